The van der Waals surface area contributed by atoms with Crippen LogP contribution in [-0.4, -0.2) is 16.1 Å². The maximum atomic E-state index is 11.2. The van der Waals surface area contributed by atoms with Gasteiger partial charge in [-0.15, -0.1) is 11.3 Å². The van der Waals surface area contributed by atoms with Gasteiger partial charge in [0.25, 0.3) is 0 Å². The van der Waals surface area contributed by atoms with Crippen molar-refractivity contribution in [1.82, 2.24) is 4.98 Å². The van der Waals surface area contributed by atoms with Crippen LogP contribution in [0.15, 0.2) is 48.5 Å². The third-order valence-electron chi connectivity index (χ3n) is 3.60. The van der Waals surface area contributed by atoms with Crippen LogP contribution in [0.1, 0.15) is 16.0 Å². The molecule has 0 saturated heterocycles. The molecular formula is C19H18N2O2S. The molecule has 0 aliphatic rings. The molecule has 0 amide bonds. The molecule has 24 heavy (non-hydrogen) atoms. The molecule has 2 aromatic carbocycles. The van der Waals surface area contributed by atoms with Crippen molar-refractivity contribution in [3.63, 3.8) is 0 Å². The topological polar surface area (TPSA) is 62.2 Å². The van der Waals surface area contributed by atoms with E-state index in [2.05, 4.69) is 10.3 Å². The highest BCUT2D eigenvalue weighted by Crippen LogP contribution is 2.33. The SMILES string of the molecule is Cc1ccc(-c2nc(Nc3cccc(C)c3)sc2CC(=O)O)cc1. The van der Waals surface area contributed by atoms with Crippen LogP contribution in [0.2, 0.25) is 0 Å². The molecule has 0 bridgehead atoms. The summed E-state index contributed by atoms with van der Waals surface area (Å²) in [6, 6.07) is 16.0. The maximum Gasteiger partial charge on any atom is 0.308 e. The molecule has 1 aromatic heterocycles. The van der Waals surface area contributed by atoms with Crippen LogP contribution in [-0.2, 0) is 11.2 Å². The zero-order valence-electron chi connectivity index (χ0n) is 13.5. The fourth-order valence-corrected chi connectivity index (χ4v) is 3.44. The number of nitrogens with one attached hydrogen (secondary N) is 1. The number of rotatable bonds is 5. The fraction of sp³-hybridized carbons (Fsp3) is 0.158. The van der Waals surface area contributed by atoms with E-state index in [-0.39, 0.29) is 6.42 Å². The quantitative estimate of drug-likeness (QED) is 0.701. The largest absolute Gasteiger partial charge is 0.481 e. The van der Waals surface area contributed by atoms with E-state index in [4.69, 9.17) is 0 Å². The summed E-state index contributed by atoms with van der Waals surface area (Å²) in [5, 5.41) is 13.2. The molecular weight excluding hydrogens is 320 g/mol. The average molecular weight is 338 g/mol. The Bertz CT molecular complexity index is 869. The Hall–Kier alpha value is -2.66. The molecule has 0 aliphatic carbocycles. The van der Waals surface area contributed by atoms with Gasteiger partial charge in [-0.25, -0.2) is 4.98 Å². The van der Waals surface area contributed by atoms with Crippen molar-refractivity contribution in [1.29, 1.82) is 0 Å². The van der Waals surface area contributed by atoms with Crippen LogP contribution >= 0.6 is 11.3 Å². The molecule has 3 rings (SSSR count). The van der Waals surface area contributed by atoms with Gasteiger partial charge in [0.1, 0.15) is 0 Å². The Morgan fingerprint density at radius 1 is 1.12 bits per heavy atom. The number of thiazole rings is 1. The molecule has 0 aliphatic heterocycles. The first-order valence-electron chi connectivity index (χ1n) is 7.63. The standard InChI is InChI=1S/C19H18N2O2S/c1-12-6-8-14(9-7-12)18-16(11-17(22)23)24-19(21-18)20-15-5-3-4-13(2)10-15/h3-10H,11H2,1-2H3,(H,20,21)(H,22,23). The summed E-state index contributed by atoms with van der Waals surface area (Å²) in [4.78, 5) is 16.6. The lowest BCUT2D eigenvalue weighted by molar-refractivity contribution is -0.136. The number of aliphatic carboxylic acids is 1. The molecule has 2 N–H and O–H groups in total. The number of carbonyl (C=O) groups is 1. The van der Waals surface area contributed by atoms with Gasteiger partial charge in [-0.1, -0.05) is 42.0 Å². The van der Waals surface area contributed by atoms with E-state index in [0.29, 0.717) is 5.13 Å². The highest BCUT2D eigenvalue weighted by Gasteiger charge is 2.16. The predicted molar refractivity (Wildman–Crippen MR) is 98.1 cm³/mol. The minimum atomic E-state index is -0.853. The lowest BCUT2D eigenvalue weighted by atomic mass is 10.1. The van der Waals surface area contributed by atoms with Crippen LogP contribution in [0.5, 0.6) is 0 Å². The molecule has 0 spiro atoms. The van der Waals surface area contributed by atoms with Crippen molar-refractivity contribution in [2.75, 3.05) is 5.32 Å². The highest BCUT2D eigenvalue weighted by molar-refractivity contribution is 7.16. The van der Waals surface area contributed by atoms with Crippen molar-refractivity contribution in [3.8, 4) is 11.3 Å². The lowest BCUT2D eigenvalue weighted by Gasteiger charge is -2.03. The van der Waals surface area contributed by atoms with Gasteiger partial charge < -0.3 is 10.4 Å². The normalized spacial score (nSPS) is 10.6. The van der Waals surface area contributed by atoms with Crippen molar-refractivity contribution in [2.45, 2.75) is 20.3 Å². The molecule has 1 heterocycles. The summed E-state index contributed by atoms with van der Waals surface area (Å²) in [6.45, 7) is 4.05. The molecule has 122 valence electrons. The maximum absolute atomic E-state index is 11.2. The van der Waals surface area contributed by atoms with E-state index < -0.39 is 5.97 Å². The van der Waals surface area contributed by atoms with Crippen LogP contribution in [0.3, 0.4) is 0 Å². The minimum Gasteiger partial charge on any atom is -0.481 e. The summed E-state index contributed by atoms with van der Waals surface area (Å²) in [5.74, 6) is -0.853. The molecule has 0 fully saturated rings. The molecule has 0 atom stereocenters. The summed E-state index contributed by atoms with van der Waals surface area (Å²) in [7, 11) is 0. The Labute approximate surface area is 144 Å². The van der Waals surface area contributed by atoms with Gasteiger partial charge in [0.05, 0.1) is 12.1 Å². The van der Waals surface area contributed by atoms with Crippen molar-refractivity contribution in [2.24, 2.45) is 0 Å². The van der Waals surface area contributed by atoms with Gasteiger partial charge in [0.15, 0.2) is 5.13 Å². The third kappa shape index (κ3) is 3.81. The number of hydrogen-bond acceptors (Lipinski definition) is 4. The summed E-state index contributed by atoms with van der Waals surface area (Å²) >= 11 is 1.38. The summed E-state index contributed by atoms with van der Waals surface area (Å²) < 4.78 is 0. The third-order valence-corrected chi connectivity index (χ3v) is 4.57. The molecule has 0 saturated carbocycles. The van der Waals surface area contributed by atoms with E-state index >= 15 is 0 Å². The second kappa shape index (κ2) is 6.84. The highest BCUT2D eigenvalue weighted by atomic mass is 32.1. The number of carboxylic acid groups (broad SMARTS) is 1. The number of carboxylic acids is 1. The number of aryl methyl sites for hydroxylation is 2. The van der Waals surface area contributed by atoms with Crippen molar-refractivity contribution < 1.29 is 9.90 Å². The van der Waals surface area contributed by atoms with Gasteiger partial charge in [-0.3, -0.25) is 4.79 Å². The molecule has 3 aromatic rings. The Morgan fingerprint density at radius 2 is 1.88 bits per heavy atom. The van der Waals surface area contributed by atoms with Gasteiger partial charge in [0, 0.05) is 16.1 Å². The summed E-state index contributed by atoms with van der Waals surface area (Å²) in [6.07, 6.45) is -0.0314. The van der Waals surface area contributed by atoms with Gasteiger partial charge in [-0.2, -0.15) is 0 Å². The number of aromatic nitrogens is 1. The fourth-order valence-electron chi connectivity index (χ4n) is 2.45. The first kappa shape index (κ1) is 16.2. The van der Waals surface area contributed by atoms with Gasteiger partial charge in [-0.05, 0) is 31.5 Å². The molecule has 5 heteroatoms. The minimum absolute atomic E-state index is 0.0314. The van der Waals surface area contributed by atoms with Gasteiger partial charge in [0.2, 0.25) is 0 Å². The average Bonchev–Trinajstić information content (AvgIpc) is 2.89. The van der Waals surface area contributed by atoms with Crippen LogP contribution in [0.25, 0.3) is 11.3 Å². The van der Waals surface area contributed by atoms with Crippen LogP contribution in [0, 0.1) is 13.8 Å². The molecule has 0 unspecified atom stereocenters. The van der Waals surface area contributed by atoms with Crippen LogP contribution in [0.4, 0.5) is 10.8 Å². The monoisotopic (exact) mass is 338 g/mol. The first-order chi connectivity index (χ1) is 11.5. The summed E-state index contributed by atoms with van der Waals surface area (Å²) in [5.41, 5.74) is 4.93. The predicted octanol–water partition coefficient (Wildman–Crippen LogP) is 4.80. The van der Waals surface area contributed by atoms with Crippen molar-refractivity contribution >= 4 is 28.1 Å². The zero-order chi connectivity index (χ0) is 17.1. The Kier molecular flexibility index (Phi) is 4.62. The second-order valence-corrected chi connectivity index (χ2v) is 6.81. The number of anilines is 2. The number of nitrogens with zero attached hydrogens (tertiary/aromatic N) is 1. The molecule has 4 nitrogen and oxygen atoms in total. The Morgan fingerprint density at radius 3 is 2.54 bits per heavy atom. The van der Waals surface area contributed by atoms with E-state index in [1.54, 1.807) is 0 Å². The molecule has 0 radical (unpaired) electrons. The second-order valence-electron chi connectivity index (χ2n) is 5.72. The van der Waals surface area contributed by atoms with Crippen LogP contribution < -0.4 is 5.32 Å². The zero-order valence-corrected chi connectivity index (χ0v) is 14.4. The van der Waals surface area contributed by atoms with Gasteiger partial charge >= 0.3 is 5.97 Å². The van der Waals surface area contributed by atoms with Crippen molar-refractivity contribution in [3.05, 3.63) is 64.5 Å². The Balaban J connectivity index is 1.96. The van der Waals surface area contributed by atoms with E-state index in [0.717, 1.165) is 32.9 Å². The number of hydrogen-bond donors (Lipinski definition) is 2. The number of benzene rings is 2. The van der Waals surface area contributed by atoms with E-state index in [1.165, 1.54) is 11.3 Å². The van der Waals surface area contributed by atoms with E-state index in [9.17, 15) is 9.90 Å². The first-order valence-corrected chi connectivity index (χ1v) is 8.45. The lowest BCUT2D eigenvalue weighted by Crippen LogP contribution is -1.99. The smallest absolute Gasteiger partial charge is 0.308 e. The van der Waals surface area contributed by atoms with E-state index in [1.807, 2.05) is 62.4 Å².